The third kappa shape index (κ3) is 3.34. The van der Waals surface area contributed by atoms with E-state index in [-0.39, 0.29) is 18.1 Å². The van der Waals surface area contributed by atoms with Crippen molar-refractivity contribution in [2.24, 2.45) is 0 Å². The molecule has 0 aliphatic heterocycles. The third-order valence-electron chi connectivity index (χ3n) is 2.23. The average molecular weight is 228 g/mol. The first-order valence-electron chi connectivity index (χ1n) is 5.28. The lowest BCUT2D eigenvalue weighted by Crippen LogP contribution is -2.10. The van der Waals surface area contributed by atoms with Gasteiger partial charge in [0.2, 0.25) is 0 Å². The van der Waals surface area contributed by atoms with Gasteiger partial charge < -0.3 is 9.84 Å². The fraction of sp³-hybridized carbons (Fsp3) is 0.0714. The maximum atomic E-state index is 11.6. The van der Waals surface area contributed by atoms with E-state index >= 15 is 0 Å². The Hall–Kier alpha value is -2.29. The van der Waals surface area contributed by atoms with E-state index in [1.54, 1.807) is 48.5 Å². The molecule has 2 rings (SSSR count). The summed E-state index contributed by atoms with van der Waals surface area (Å²) in [6.45, 7) is 0. The van der Waals surface area contributed by atoms with Crippen LogP contribution in [-0.4, -0.2) is 11.1 Å². The van der Waals surface area contributed by atoms with Crippen molar-refractivity contribution in [2.75, 3.05) is 0 Å². The van der Waals surface area contributed by atoms with Gasteiger partial charge in [-0.05, 0) is 29.8 Å². The van der Waals surface area contributed by atoms with Crippen molar-refractivity contribution < 1.29 is 14.6 Å². The summed E-state index contributed by atoms with van der Waals surface area (Å²) in [5, 5.41) is 9.26. The minimum Gasteiger partial charge on any atom is -0.508 e. The van der Waals surface area contributed by atoms with Crippen molar-refractivity contribution in [3.63, 3.8) is 0 Å². The van der Waals surface area contributed by atoms with Crippen LogP contribution in [0.3, 0.4) is 0 Å². The number of esters is 1. The molecule has 0 bridgehead atoms. The van der Waals surface area contributed by atoms with Gasteiger partial charge in [0, 0.05) is 0 Å². The first kappa shape index (κ1) is 11.2. The zero-order valence-electron chi connectivity index (χ0n) is 9.17. The van der Waals surface area contributed by atoms with Crippen LogP contribution < -0.4 is 4.74 Å². The Morgan fingerprint density at radius 2 is 1.82 bits per heavy atom. The minimum absolute atomic E-state index is 0.142. The van der Waals surface area contributed by atoms with Crippen molar-refractivity contribution in [3.05, 3.63) is 60.2 Å². The number of hydrogen-bond acceptors (Lipinski definition) is 3. The molecule has 0 aromatic heterocycles. The summed E-state index contributed by atoms with van der Waals surface area (Å²) < 4.78 is 5.14. The van der Waals surface area contributed by atoms with Crippen LogP contribution in [0.2, 0.25) is 0 Å². The zero-order valence-corrected chi connectivity index (χ0v) is 9.17. The Morgan fingerprint density at radius 1 is 1.06 bits per heavy atom. The van der Waals surface area contributed by atoms with Gasteiger partial charge in [0.1, 0.15) is 11.5 Å². The largest absolute Gasteiger partial charge is 0.508 e. The molecule has 0 radical (unpaired) electrons. The molecular formula is C14H12O3. The van der Waals surface area contributed by atoms with Crippen LogP contribution in [0.1, 0.15) is 5.56 Å². The summed E-state index contributed by atoms with van der Waals surface area (Å²) in [4.78, 5) is 11.6. The molecule has 0 amide bonds. The number of phenols is 1. The number of carbonyl (C=O) groups excluding carboxylic acids is 1. The van der Waals surface area contributed by atoms with E-state index < -0.39 is 0 Å². The average Bonchev–Trinajstić information content (AvgIpc) is 2.30. The van der Waals surface area contributed by atoms with Gasteiger partial charge >= 0.3 is 5.97 Å². The molecular weight excluding hydrogens is 216 g/mol. The van der Waals surface area contributed by atoms with Gasteiger partial charge in [0.25, 0.3) is 0 Å². The van der Waals surface area contributed by atoms with E-state index in [1.165, 1.54) is 0 Å². The summed E-state index contributed by atoms with van der Waals surface area (Å²) in [5.74, 6) is 0.328. The molecule has 86 valence electrons. The highest BCUT2D eigenvalue weighted by Crippen LogP contribution is 2.13. The number of phenolic OH excluding ortho intramolecular Hbond substituents is 1. The molecule has 0 spiro atoms. The summed E-state index contributed by atoms with van der Waals surface area (Å²) in [6, 6.07) is 15.5. The summed E-state index contributed by atoms with van der Waals surface area (Å²) in [5.41, 5.74) is 0.728. The second-order valence-corrected chi connectivity index (χ2v) is 3.63. The van der Waals surface area contributed by atoms with E-state index in [1.807, 2.05) is 6.07 Å². The van der Waals surface area contributed by atoms with Crippen molar-refractivity contribution in [3.8, 4) is 11.5 Å². The van der Waals surface area contributed by atoms with Crippen molar-refractivity contribution in [1.29, 1.82) is 0 Å². The quantitative estimate of drug-likeness (QED) is 0.648. The van der Waals surface area contributed by atoms with Crippen molar-refractivity contribution in [1.82, 2.24) is 0 Å². The van der Waals surface area contributed by atoms with Gasteiger partial charge in [-0.3, -0.25) is 4.79 Å². The second kappa shape index (κ2) is 5.16. The molecule has 3 heteroatoms. The van der Waals surface area contributed by atoms with E-state index in [2.05, 4.69) is 0 Å². The second-order valence-electron chi connectivity index (χ2n) is 3.63. The molecule has 2 aromatic carbocycles. The maximum Gasteiger partial charge on any atom is 0.315 e. The number of ether oxygens (including phenoxy) is 1. The Kier molecular flexibility index (Phi) is 3.40. The first-order chi connectivity index (χ1) is 8.24. The van der Waals surface area contributed by atoms with Crippen LogP contribution in [0.15, 0.2) is 54.6 Å². The van der Waals surface area contributed by atoms with E-state index in [4.69, 9.17) is 4.74 Å². The number of para-hydroxylation sites is 1. The number of benzene rings is 2. The third-order valence-corrected chi connectivity index (χ3v) is 2.23. The predicted octanol–water partition coefficient (Wildman–Crippen LogP) is 2.54. The number of aromatic hydroxyl groups is 1. The number of rotatable bonds is 3. The fourth-order valence-corrected chi connectivity index (χ4v) is 1.49. The van der Waals surface area contributed by atoms with Crippen LogP contribution in [0, 0.1) is 0 Å². The lowest BCUT2D eigenvalue weighted by Gasteiger charge is -2.04. The highest BCUT2D eigenvalue weighted by atomic mass is 16.5. The molecule has 0 aliphatic rings. The van der Waals surface area contributed by atoms with Crippen LogP contribution in [0.4, 0.5) is 0 Å². The molecule has 0 unspecified atom stereocenters. The van der Waals surface area contributed by atoms with Crippen LogP contribution in [-0.2, 0) is 11.2 Å². The van der Waals surface area contributed by atoms with Crippen LogP contribution in [0.5, 0.6) is 11.5 Å². The predicted molar refractivity (Wildman–Crippen MR) is 63.9 cm³/mol. The maximum absolute atomic E-state index is 11.6. The van der Waals surface area contributed by atoms with Gasteiger partial charge in [-0.1, -0.05) is 30.3 Å². The van der Waals surface area contributed by atoms with Crippen LogP contribution >= 0.6 is 0 Å². The first-order valence-corrected chi connectivity index (χ1v) is 5.28. The Balaban J connectivity index is 1.98. The monoisotopic (exact) mass is 228 g/mol. The van der Waals surface area contributed by atoms with Gasteiger partial charge in [-0.15, -0.1) is 0 Å². The van der Waals surface area contributed by atoms with Crippen LogP contribution in [0.25, 0.3) is 0 Å². The molecule has 17 heavy (non-hydrogen) atoms. The minimum atomic E-state index is -0.346. The topological polar surface area (TPSA) is 46.5 Å². The summed E-state index contributed by atoms with van der Waals surface area (Å²) in [6.07, 6.45) is 0.142. The Labute approximate surface area is 99.3 Å². The summed E-state index contributed by atoms with van der Waals surface area (Å²) in [7, 11) is 0. The van der Waals surface area contributed by atoms with E-state index in [0.717, 1.165) is 5.56 Å². The highest BCUT2D eigenvalue weighted by molar-refractivity contribution is 5.75. The van der Waals surface area contributed by atoms with Gasteiger partial charge in [0.05, 0.1) is 6.42 Å². The van der Waals surface area contributed by atoms with Crippen molar-refractivity contribution >= 4 is 5.97 Å². The lowest BCUT2D eigenvalue weighted by molar-refractivity contribution is -0.133. The fourth-order valence-electron chi connectivity index (χ4n) is 1.49. The molecule has 0 heterocycles. The standard InChI is InChI=1S/C14H12O3/c15-12-6-4-5-11(9-12)10-14(16)17-13-7-2-1-3-8-13/h1-9,15H,10H2. The smallest absolute Gasteiger partial charge is 0.315 e. The molecule has 3 nitrogen and oxygen atoms in total. The SMILES string of the molecule is O=C(Cc1cccc(O)c1)Oc1ccccc1. The van der Waals surface area contributed by atoms with Gasteiger partial charge in [-0.2, -0.15) is 0 Å². The van der Waals surface area contributed by atoms with E-state index in [9.17, 15) is 9.90 Å². The van der Waals surface area contributed by atoms with Crippen molar-refractivity contribution in [2.45, 2.75) is 6.42 Å². The van der Waals surface area contributed by atoms with Gasteiger partial charge in [-0.25, -0.2) is 0 Å². The number of hydrogen-bond donors (Lipinski definition) is 1. The molecule has 0 aliphatic carbocycles. The molecule has 0 saturated heterocycles. The molecule has 1 N–H and O–H groups in total. The molecule has 0 fully saturated rings. The molecule has 0 atom stereocenters. The Morgan fingerprint density at radius 3 is 2.53 bits per heavy atom. The Bertz CT molecular complexity index is 506. The zero-order chi connectivity index (χ0) is 12.1. The van der Waals surface area contributed by atoms with Gasteiger partial charge in [0.15, 0.2) is 0 Å². The normalized spacial score (nSPS) is 9.88. The lowest BCUT2D eigenvalue weighted by atomic mass is 10.1. The number of carbonyl (C=O) groups is 1. The molecule has 0 saturated carbocycles. The highest BCUT2D eigenvalue weighted by Gasteiger charge is 2.06. The summed E-state index contributed by atoms with van der Waals surface area (Å²) >= 11 is 0. The molecule has 2 aromatic rings. The van der Waals surface area contributed by atoms with E-state index in [0.29, 0.717) is 5.75 Å².